The Kier molecular flexibility index (Phi) is 5.70. The van der Waals surface area contributed by atoms with Crippen molar-refractivity contribution in [2.75, 3.05) is 10.6 Å². The minimum atomic E-state index is -1.24. The van der Waals surface area contributed by atoms with Gasteiger partial charge in [-0.1, -0.05) is 29.8 Å². The minimum absolute atomic E-state index is 0.231. The lowest BCUT2D eigenvalue weighted by Crippen LogP contribution is -2.17. The third-order valence-electron chi connectivity index (χ3n) is 2.89. The van der Waals surface area contributed by atoms with Gasteiger partial charge >= 0.3 is 5.97 Å². The Labute approximate surface area is 142 Å². The van der Waals surface area contributed by atoms with Gasteiger partial charge in [0.05, 0.1) is 11.3 Å². The van der Waals surface area contributed by atoms with Crippen LogP contribution in [0.4, 0.5) is 11.4 Å². The monoisotopic (exact) mass is 344 g/mol. The number of benzene rings is 2. The molecule has 0 aliphatic rings. The van der Waals surface area contributed by atoms with Crippen LogP contribution in [0.5, 0.6) is 0 Å². The lowest BCUT2D eigenvalue weighted by atomic mass is 10.1. The topological polar surface area (TPSA) is 95.5 Å². The first-order chi connectivity index (χ1) is 11.5. The van der Waals surface area contributed by atoms with Crippen LogP contribution in [0.25, 0.3) is 0 Å². The predicted molar refractivity (Wildman–Crippen MR) is 91.3 cm³/mol. The van der Waals surface area contributed by atoms with E-state index in [1.54, 1.807) is 42.5 Å². The number of nitrogens with one attached hydrogen (secondary N) is 2. The zero-order chi connectivity index (χ0) is 17.5. The van der Waals surface area contributed by atoms with Crippen LogP contribution in [0.3, 0.4) is 0 Å². The standard InChI is InChI=1S/C17H13ClN2O4/c18-11-4-3-5-12(10-11)19-17(24)13-6-1-2-7-14(13)20-15(21)8-9-16(22)23/h1-10H,(H,19,24)(H,20,21)(H,22,23)/b9-8-. The first kappa shape index (κ1) is 17.2. The SMILES string of the molecule is O=C(O)/C=C\C(=O)Nc1ccccc1C(=O)Nc1cccc(Cl)c1. The summed E-state index contributed by atoms with van der Waals surface area (Å²) in [7, 11) is 0. The molecule has 0 aromatic heterocycles. The Balaban J connectivity index is 2.17. The van der Waals surface area contributed by atoms with Crippen molar-refractivity contribution in [1.29, 1.82) is 0 Å². The quantitative estimate of drug-likeness (QED) is 0.726. The molecule has 0 fully saturated rings. The van der Waals surface area contributed by atoms with Crippen LogP contribution in [-0.4, -0.2) is 22.9 Å². The summed E-state index contributed by atoms with van der Waals surface area (Å²) < 4.78 is 0. The highest BCUT2D eigenvalue weighted by molar-refractivity contribution is 6.31. The number of anilines is 2. The van der Waals surface area contributed by atoms with Crippen molar-refractivity contribution in [2.24, 2.45) is 0 Å². The summed E-state index contributed by atoms with van der Waals surface area (Å²) >= 11 is 5.87. The smallest absolute Gasteiger partial charge is 0.328 e. The van der Waals surface area contributed by atoms with Gasteiger partial charge in [-0.2, -0.15) is 0 Å². The van der Waals surface area contributed by atoms with Gasteiger partial charge < -0.3 is 15.7 Å². The zero-order valence-corrected chi connectivity index (χ0v) is 13.1. The fourth-order valence-corrected chi connectivity index (χ4v) is 2.07. The maximum absolute atomic E-state index is 12.4. The van der Waals surface area contributed by atoms with Gasteiger partial charge in [0.2, 0.25) is 5.91 Å². The van der Waals surface area contributed by atoms with E-state index in [0.29, 0.717) is 16.8 Å². The normalized spacial score (nSPS) is 10.4. The second kappa shape index (κ2) is 7.94. The van der Waals surface area contributed by atoms with E-state index in [-0.39, 0.29) is 11.3 Å². The van der Waals surface area contributed by atoms with E-state index in [9.17, 15) is 14.4 Å². The summed E-state index contributed by atoms with van der Waals surface area (Å²) in [6, 6.07) is 13.0. The number of carbonyl (C=O) groups excluding carboxylic acids is 2. The molecule has 0 saturated heterocycles. The van der Waals surface area contributed by atoms with Gasteiger partial charge in [0.25, 0.3) is 5.91 Å². The van der Waals surface area contributed by atoms with Crippen molar-refractivity contribution < 1.29 is 19.5 Å². The maximum atomic E-state index is 12.4. The number of para-hydroxylation sites is 1. The van der Waals surface area contributed by atoms with Gasteiger partial charge in [-0.15, -0.1) is 0 Å². The van der Waals surface area contributed by atoms with Crippen LogP contribution in [0.2, 0.25) is 5.02 Å². The molecule has 7 heteroatoms. The molecule has 0 aliphatic heterocycles. The Morgan fingerprint density at radius 1 is 0.958 bits per heavy atom. The lowest BCUT2D eigenvalue weighted by Gasteiger charge is -2.10. The summed E-state index contributed by atoms with van der Waals surface area (Å²) in [6.45, 7) is 0. The molecular formula is C17H13ClN2O4. The van der Waals surface area contributed by atoms with E-state index < -0.39 is 17.8 Å². The van der Waals surface area contributed by atoms with Gasteiger partial charge in [0.15, 0.2) is 0 Å². The Morgan fingerprint density at radius 3 is 2.42 bits per heavy atom. The van der Waals surface area contributed by atoms with Gasteiger partial charge in [0, 0.05) is 22.9 Å². The summed E-state index contributed by atoms with van der Waals surface area (Å²) in [6.07, 6.45) is 1.58. The van der Waals surface area contributed by atoms with E-state index >= 15 is 0 Å². The van der Waals surface area contributed by atoms with E-state index in [1.165, 1.54) is 6.07 Å². The molecule has 2 aromatic rings. The Hall–Kier alpha value is -3.12. The van der Waals surface area contributed by atoms with Gasteiger partial charge in [-0.05, 0) is 30.3 Å². The van der Waals surface area contributed by atoms with E-state index in [1.807, 2.05) is 0 Å². The Morgan fingerprint density at radius 2 is 1.71 bits per heavy atom. The van der Waals surface area contributed by atoms with E-state index in [0.717, 1.165) is 6.08 Å². The fraction of sp³-hybridized carbons (Fsp3) is 0. The molecule has 2 rings (SSSR count). The van der Waals surface area contributed by atoms with Crippen LogP contribution in [0.1, 0.15) is 10.4 Å². The van der Waals surface area contributed by atoms with Crippen molar-refractivity contribution in [3.8, 4) is 0 Å². The molecule has 0 atom stereocenters. The first-order valence-electron chi connectivity index (χ1n) is 6.83. The number of amides is 2. The third kappa shape index (κ3) is 4.96. The maximum Gasteiger partial charge on any atom is 0.328 e. The number of hydrogen-bond acceptors (Lipinski definition) is 3. The Bertz CT molecular complexity index is 818. The summed E-state index contributed by atoms with van der Waals surface area (Å²) in [5, 5.41) is 14.1. The number of halogens is 1. The zero-order valence-electron chi connectivity index (χ0n) is 12.3. The molecule has 0 spiro atoms. The second-order valence-corrected chi connectivity index (χ2v) is 5.11. The summed E-state index contributed by atoms with van der Waals surface area (Å²) in [5.74, 6) is -2.33. The van der Waals surface area contributed by atoms with E-state index in [2.05, 4.69) is 10.6 Å². The molecule has 6 nitrogen and oxygen atoms in total. The highest BCUT2D eigenvalue weighted by Crippen LogP contribution is 2.19. The molecule has 3 N–H and O–H groups in total. The lowest BCUT2D eigenvalue weighted by molar-refractivity contribution is -0.131. The van der Waals surface area contributed by atoms with Crippen LogP contribution >= 0.6 is 11.6 Å². The van der Waals surface area contributed by atoms with Gasteiger partial charge in [-0.3, -0.25) is 9.59 Å². The van der Waals surface area contributed by atoms with Crippen molar-refractivity contribution >= 4 is 40.8 Å². The fourth-order valence-electron chi connectivity index (χ4n) is 1.88. The minimum Gasteiger partial charge on any atom is -0.478 e. The molecule has 24 heavy (non-hydrogen) atoms. The molecule has 122 valence electrons. The van der Waals surface area contributed by atoms with Gasteiger partial charge in [-0.25, -0.2) is 4.79 Å². The molecule has 0 heterocycles. The largest absolute Gasteiger partial charge is 0.478 e. The number of hydrogen-bond donors (Lipinski definition) is 3. The highest BCUT2D eigenvalue weighted by Gasteiger charge is 2.12. The van der Waals surface area contributed by atoms with Crippen molar-refractivity contribution in [1.82, 2.24) is 0 Å². The molecule has 0 saturated carbocycles. The number of carboxylic acids is 1. The van der Waals surface area contributed by atoms with Crippen LogP contribution in [0.15, 0.2) is 60.7 Å². The molecular weight excluding hydrogens is 332 g/mol. The van der Waals surface area contributed by atoms with Crippen LogP contribution in [0, 0.1) is 0 Å². The average Bonchev–Trinajstić information content (AvgIpc) is 2.53. The number of rotatable bonds is 5. The molecule has 0 bridgehead atoms. The second-order valence-electron chi connectivity index (χ2n) is 4.67. The molecule has 0 aliphatic carbocycles. The van der Waals surface area contributed by atoms with Crippen LogP contribution in [-0.2, 0) is 9.59 Å². The molecule has 2 aromatic carbocycles. The molecule has 2 amide bonds. The van der Waals surface area contributed by atoms with Crippen LogP contribution < -0.4 is 10.6 Å². The van der Waals surface area contributed by atoms with Crippen molar-refractivity contribution in [3.05, 3.63) is 71.3 Å². The number of aliphatic carboxylic acids is 1. The average molecular weight is 345 g/mol. The summed E-state index contributed by atoms with van der Waals surface area (Å²) in [4.78, 5) is 34.5. The van der Waals surface area contributed by atoms with Crippen molar-refractivity contribution in [2.45, 2.75) is 0 Å². The number of carboxylic acid groups (broad SMARTS) is 1. The molecule has 0 radical (unpaired) electrons. The number of carbonyl (C=O) groups is 3. The van der Waals surface area contributed by atoms with Gasteiger partial charge in [0.1, 0.15) is 0 Å². The third-order valence-corrected chi connectivity index (χ3v) is 3.12. The first-order valence-corrected chi connectivity index (χ1v) is 7.21. The van der Waals surface area contributed by atoms with Crippen molar-refractivity contribution in [3.63, 3.8) is 0 Å². The molecule has 0 unspecified atom stereocenters. The highest BCUT2D eigenvalue weighted by atomic mass is 35.5. The van der Waals surface area contributed by atoms with E-state index in [4.69, 9.17) is 16.7 Å². The summed E-state index contributed by atoms with van der Waals surface area (Å²) in [5.41, 5.74) is 1.01. The predicted octanol–water partition coefficient (Wildman–Crippen LogP) is 3.17.